The molecule has 6 nitrogen and oxygen atoms in total. The molecule has 134 valence electrons. The van der Waals surface area contributed by atoms with E-state index in [9.17, 15) is 18.0 Å². The lowest BCUT2D eigenvalue weighted by Crippen LogP contribution is -2.25. The minimum absolute atomic E-state index is 0.102. The fourth-order valence-electron chi connectivity index (χ4n) is 2.75. The second-order valence-electron chi connectivity index (χ2n) is 6.05. The van der Waals surface area contributed by atoms with Crippen molar-refractivity contribution in [2.45, 2.75) is 38.7 Å². The smallest absolute Gasteiger partial charge is 0.219 e. The molecule has 1 N–H and O–H groups in total. The molecule has 0 radical (unpaired) electrons. The Morgan fingerprint density at radius 1 is 1.12 bits per heavy atom. The molecule has 0 aliphatic rings. The first-order chi connectivity index (χ1) is 11.5. The first-order valence-electron chi connectivity index (χ1n) is 7.73. The summed E-state index contributed by atoms with van der Waals surface area (Å²) in [6.07, 6.45) is 0.332. The Balaban J connectivity index is 2.21. The third-order valence-electron chi connectivity index (χ3n) is 3.97. The maximum absolute atomic E-state index is 12.6. The largest absolute Gasteiger partial charge is 0.483 e. The molecular formula is C18H21NO5S. The highest BCUT2D eigenvalue weighted by Gasteiger charge is 2.24. The van der Waals surface area contributed by atoms with Crippen molar-refractivity contribution in [2.24, 2.45) is 0 Å². The molecule has 0 amide bonds. The molecule has 1 aromatic heterocycles. The number of hydrogen-bond donors (Lipinski definition) is 1. The first kappa shape index (κ1) is 18.9. The Labute approximate surface area is 147 Å². The van der Waals surface area contributed by atoms with Crippen LogP contribution in [-0.2, 0) is 9.84 Å². The molecular weight excluding hydrogens is 342 g/mol. The molecule has 1 atom stereocenters. The highest BCUT2D eigenvalue weighted by Crippen LogP contribution is 2.22. The van der Waals surface area contributed by atoms with Gasteiger partial charge < -0.3 is 9.72 Å². The fraction of sp³-hybridized carbons (Fsp3) is 0.333. The van der Waals surface area contributed by atoms with Gasteiger partial charge in [0, 0.05) is 17.5 Å². The van der Waals surface area contributed by atoms with Crippen LogP contribution in [0.1, 0.15) is 46.0 Å². The molecule has 25 heavy (non-hydrogen) atoms. The number of H-pyrrole nitrogens is 1. The number of sulfone groups is 1. The predicted molar refractivity (Wildman–Crippen MR) is 94.2 cm³/mol. The van der Waals surface area contributed by atoms with Crippen molar-refractivity contribution >= 4 is 21.4 Å². The van der Waals surface area contributed by atoms with Gasteiger partial charge >= 0.3 is 0 Å². The van der Waals surface area contributed by atoms with Crippen LogP contribution in [0.15, 0.2) is 29.2 Å². The number of ether oxygens (including phenoxy) is 1. The van der Waals surface area contributed by atoms with Gasteiger partial charge in [-0.05, 0) is 57.5 Å². The van der Waals surface area contributed by atoms with Gasteiger partial charge in [0.15, 0.2) is 21.7 Å². The fourth-order valence-corrected chi connectivity index (χ4v) is 3.38. The van der Waals surface area contributed by atoms with Gasteiger partial charge in [0.25, 0.3) is 0 Å². The third-order valence-corrected chi connectivity index (χ3v) is 5.10. The van der Waals surface area contributed by atoms with Gasteiger partial charge in [-0.15, -0.1) is 0 Å². The maximum Gasteiger partial charge on any atom is 0.219 e. The van der Waals surface area contributed by atoms with Crippen molar-refractivity contribution in [1.29, 1.82) is 0 Å². The van der Waals surface area contributed by atoms with Crippen molar-refractivity contribution < 1.29 is 22.7 Å². The van der Waals surface area contributed by atoms with E-state index in [4.69, 9.17) is 4.74 Å². The van der Waals surface area contributed by atoms with E-state index in [0.717, 1.165) is 6.26 Å². The number of aryl methyl sites for hydroxylation is 1. The first-order valence-corrected chi connectivity index (χ1v) is 9.62. The van der Waals surface area contributed by atoms with Crippen molar-refractivity contribution in [3.63, 3.8) is 0 Å². The summed E-state index contributed by atoms with van der Waals surface area (Å²) < 4.78 is 28.5. The van der Waals surface area contributed by atoms with Crippen LogP contribution in [0.2, 0.25) is 0 Å². The highest BCUT2D eigenvalue weighted by molar-refractivity contribution is 7.90. The number of carbonyl (C=O) groups excluding carboxylic acids is 2. The zero-order valence-corrected chi connectivity index (χ0v) is 15.7. The van der Waals surface area contributed by atoms with Crippen LogP contribution < -0.4 is 4.74 Å². The monoisotopic (exact) mass is 363 g/mol. The van der Waals surface area contributed by atoms with Gasteiger partial charge in [-0.2, -0.15) is 0 Å². The molecule has 0 spiro atoms. The van der Waals surface area contributed by atoms with E-state index < -0.39 is 15.9 Å². The van der Waals surface area contributed by atoms with E-state index in [0.29, 0.717) is 28.3 Å². The van der Waals surface area contributed by atoms with Crippen LogP contribution in [0.3, 0.4) is 0 Å². The molecule has 0 bridgehead atoms. The molecule has 0 aliphatic carbocycles. The lowest BCUT2D eigenvalue weighted by Gasteiger charge is -2.14. The lowest BCUT2D eigenvalue weighted by atomic mass is 10.0. The Bertz CT molecular complexity index is 923. The maximum atomic E-state index is 12.6. The second kappa shape index (κ2) is 6.84. The van der Waals surface area contributed by atoms with Gasteiger partial charge in [-0.3, -0.25) is 9.59 Å². The van der Waals surface area contributed by atoms with E-state index in [2.05, 4.69) is 4.98 Å². The number of Topliss-reactive ketones (excluding diaryl/α,β-unsaturated/α-hetero) is 2. The molecule has 0 fully saturated rings. The van der Waals surface area contributed by atoms with Gasteiger partial charge in [0.2, 0.25) is 5.78 Å². The Hall–Kier alpha value is -2.41. The average molecular weight is 363 g/mol. The Morgan fingerprint density at radius 2 is 1.68 bits per heavy atom. The predicted octanol–water partition coefficient (Wildman–Crippen LogP) is 2.89. The highest BCUT2D eigenvalue weighted by atomic mass is 32.2. The Kier molecular flexibility index (Phi) is 5.17. The average Bonchev–Trinajstić information content (AvgIpc) is 2.80. The number of aromatic nitrogens is 1. The van der Waals surface area contributed by atoms with Crippen LogP contribution in [0.25, 0.3) is 0 Å². The molecule has 2 aromatic rings. The summed E-state index contributed by atoms with van der Waals surface area (Å²) in [5.74, 6) is 0.0106. The van der Waals surface area contributed by atoms with Crippen LogP contribution in [0.4, 0.5) is 0 Å². The number of nitrogens with one attached hydrogen (secondary N) is 1. The summed E-state index contributed by atoms with van der Waals surface area (Å²) in [6, 6.07) is 5.88. The number of aromatic amines is 1. The molecule has 1 heterocycles. The summed E-state index contributed by atoms with van der Waals surface area (Å²) >= 11 is 0. The van der Waals surface area contributed by atoms with Gasteiger partial charge in [0.1, 0.15) is 5.75 Å². The summed E-state index contributed by atoms with van der Waals surface area (Å²) in [7, 11) is -3.28. The van der Waals surface area contributed by atoms with Gasteiger partial charge in [-0.25, -0.2) is 8.42 Å². The zero-order chi connectivity index (χ0) is 18.9. The van der Waals surface area contributed by atoms with E-state index >= 15 is 0 Å². The number of hydrogen-bond acceptors (Lipinski definition) is 5. The normalized spacial score (nSPS) is 12.7. The Morgan fingerprint density at radius 3 is 2.12 bits per heavy atom. The van der Waals surface area contributed by atoms with E-state index in [1.807, 2.05) is 0 Å². The van der Waals surface area contributed by atoms with Crippen molar-refractivity contribution in [1.82, 2.24) is 4.98 Å². The number of carbonyl (C=O) groups is 2. The van der Waals surface area contributed by atoms with Crippen LogP contribution in [0.5, 0.6) is 5.75 Å². The topological polar surface area (TPSA) is 93.3 Å². The molecule has 0 aliphatic heterocycles. The summed E-state index contributed by atoms with van der Waals surface area (Å²) in [5.41, 5.74) is 2.13. The van der Waals surface area contributed by atoms with Crippen LogP contribution in [-0.4, -0.2) is 37.3 Å². The van der Waals surface area contributed by atoms with Crippen LogP contribution in [0, 0.1) is 13.8 Å². The lowest BCUT2D eigenvalue weighted by molar-refractivity contribution is 0.0812. The standard InChI is InChI=1S/C18H21NO5S/c1-10-16(12(3)20)11(2)19-17(10)18(21)13(4)24-14-6-8-15(9-7-14)25(5,22)23/h6-9,13,19H,1-5H3/t13-/m1/s1. The molecule has 0 unspecified atom stereocenters. The summed E-state index contributed by atoms with van der Waals surface area (Å²) in [6.45, 7) is 6.54. The third kappa shape index (κ3) is 3.99. The van der Waals surface area contributed by atoms with E-state index in [-0.39, 0.29) is 16.5 Å². The summed E-state index contributed by atoms with van der Waals surface area (Å²) in [5, 5.41) is 0. The van der Waals surface area contributed by atoms with E-state index in [1.54, 1.807) is 20.8 Å². The molecule has 0 saturated carbocycles. The molecule has 7 heteroatoms. The van der Waals surface area contributed by atoms with Gasteiger partial charge in [-0.1, -0.05) is 0 Å². The number of benzene rings is 1. The van der Waals surface area contributed by atoms with E-state index in [1.165, 1.54) is 31.2 Å². The minimum Gasteiger partial charge on any atom is -0.483 e. The zero-order valence-electron chi connectivity index (χ0n) is 14.8. The molecule has 1 aromatic carbocycles. The minimum atomic E-state index is -3.28. The number of ketones is 2. The second-order valence-corrected chi connectivity index (χ2v) is 8.06. The SMILES string of the molecule is CC(=O)c1c(C)[nH]c(C(=O)[C@@H](C)Oc2ccc(S(C)(=O)=O)cc2)c1C. The van der Waals surface area contributed by atoms with Crippen molar-refractivity contribution in [2.75, 3.05) is 6.26 Å². The molecule has 0 saturated heterocycles. The van der Waals surface area contributed by atoms with Crippen molar-refractivity contribution in [3.8, 4) is 5.75 Å². The molecule has 2 rings (SSSR count). The quantitative estimate of drug-likeness (QED) is 0.797. The summed E-state index contributed by atoms with van der Waals surface area (Å²) in [4.78, 5) is 27.4. The number of rotatable bonds is 6. The van der Waals surface area contributed by atoms with Crippen molar-refractivity contribution in [3.05, 3.63) is 46.8 Å². The van der Waals surface area contributed by atoms with Gasteiger partial charge in [0.05, 0.1) is 10.6 Å². The van der Waals surface area contributed by atoms with Crippen LogP contribution >= 0.6 is 0 Å².